The van der Waals surface area contributed by atoms with Crippen LogP contribution in [-0.4, -0.2) is 19.1 Å². The summed E-state index contributed by atoms with van der Waals surface area (Å²) >= 11 is 0. The number of carbonyl (C=O) groups is 1. The van der Waals surface area contributed by atoms with Gasteiger partial charge in [0.15, 0.2) is 11.6 Å². The van der Waals surface area contributed by atoms with Gasteiger partial charge in [-0.15, -0.1) is 0 Å². The molecule has 1 rings (SSSR count). The number of methoxy groups -OCH3 is 1. The van der Waals surface area contributed by atoms with Gasteiger partial charge in [-0.25, -0.2) is 13.6 Å². The van der Waals surface area contributed by atoms with Crippen LogP contribution in [0.15, 0.2) is 12.1 Å². The molecule has 18 heavy (non-hydrogen) atoms. The zero-order valence-corrected chi connectivity index (χ0v) is 10.7. The minimum Gasteiger partial charge on any atom is -0.465 e. The summed E-state index contributed by atoms with van der Waals surface area (Å²) in [4.78, 5) is 11.2. The standard InChI is InChI=1S/C13H17F2NO2/c1-4-5-8(2)16-10-7-6-9(13(17)18-3)11(14)12(10)15/h6-8,16H,4-5H2,1-3H3. The van der Waals surface area contributed by atoms with Crippen molar-refractivity contribution in [1.82, 2.24) is 0 Å². The Hall–Kier alpha value is -1.65. The van der Waals surface area contributed by atoms with Crippen molar-refractivity contribution in [1.29, 1.82) is 0 Å². The molecule has 3 nitrogen and oxygen atoms in total. The van der Waals surface area contributed by atoms with Crippen molar-refractivity contribution in [3.8, 4) is 0 Å². The summed E-state index contributed by atoms with van der Waals surface area (Å²) in [6.07, 6.45) is 1.79. The second-order valence-corrected chi connectivity index (χ2v) is 4.11. The highest BCUT2D eigenvalue weighted by atomic mass is 19.2. The molecule has 100 valence electrons. The number of hydrogen-bond acceptors (Lipinski definition) is 3. The Bertz CT molecular complexity index is 435. The Balaban J connectivity index is 2.97. The van der Waals surface area contributed by atoms with Crippen LogP contribution in [0.1, 0.15) is 37.0 Å². The molecular formula is C13H17F2NO2. The highest BCUT2D eigenvalue weighted by Crippen LogP contribution is 2.22. The number of anilines is 1. The zero-order valence-electron chi connectivity index (χ0n) is 10.7. The third-order valence-corrected chi connectivity index (χ3v) is 2.61. The van der Waals surface area contributed by atoms with Crippen molar-refractivity contribution >= 4 is 11.7 Å². The predicted octanol–water partition coefficient (Wildman–Crippen LogP) is 3.35. The molecule has 0 bridgehead atoms. The summed E-state index contributed by atoms with van der Waals surface area (Å²) in [5.41, 5.74) is -0.343. The molecule has 0 amide bonds. The van der Waals surface area contributed by atoms with Gasteiger partial charge in [-0.2, -0.15) is 0 Å². The van der Waals surface area contributed by atoms with Gasteiger partial charge in [-0.1, -0.05) is 13.3 Å². The van der Waals surface area contributed by atoms with E-state index in [1.807, 2.05) is 13.8 Å². The molecule has 0 aliphatic heterocycles. The fourth-order valence-electron chi connectivity index (χ4n) is 1.70. The van der Waals surface area contributed by atoms with Gasteiger partial charge < -0.3 is 10.1 Å². The van der Waals surface area contributed by atoms with E-state index in [9.17, 15) is 13.6 Å². The first-order valence-electron chi connectivity index (χ1n) is 5.84. The van der Waals surface area contributed by atoms with Crippen LogP contribution in [0.4, 0.5) is 14.5 Å². The molecule has 0 aliphatic carbocycles. The Morgan fingerprint density at radius 2 is 2.06 bits per heavy atom. The van der Waals surface area contributed by atoms with E-state index in [-0.39, 0.29) is 11.7 Å². The van der Waals surface area contributed by atoms with Gasteiger partial charge in [-0.3, -0.25) is 0 Å². The van der Waals surface area contributed by atoms with Crippen LogP contribution >= 0.6 is 0 Å². The molecule has 0 saturated heterocycles. The molecule has 5 heteroatoms. The van der Waals surface area contributed by atoms with Crippen molar-refractivity contribution in [3.63, 3.8) is 0 Å². The molecule has 1 N–H and O–H groups in total. The summed E-state index contributed by atoms with van der Waals surface area (Å²) < 4.78 is 31.7. The highest BCUT2D eigenvalue weighted by Gasteiger charge is 2.19. The van der Waals surface area contributed by atoms with Crippen LogP contribution in [0.3, 0.4) is 0 Å². The summed E-state index contributed by atoms with van der Waals surface area (Å²) in [5.74, 6) is -3.13. The quantitative estimate of drug-likeness (QED) is 0.822. The van der Waals surface area contributed by atoms with Crippen LogP contribution in [0, 0.1) is 11.6 Å². The highest BCUT2D eigenvalue weighted by molar-refractivity contribution is 5.90. The lowest BCUT2D eigenvalue weighted by molar-refractivity contribution is 0.0594. The van der Waals surface area contributed by atoms with E-state index in [4.69, 9.17) is 0 Å². The molecule has 1 aromatic carbocycles. The largest absolute Gasteiger partial charge is 0.465 e. The van der Waals surface area contributed by atoms with Gasteiger partial charge in [0, 0.05) is 6.04 Å². The number of halogens is 2. The smallest absolute Gasteiger partial charge is 0.340 e. The third kappa shape index (κ3) is 3.18. The molecular weight excluding hydrogens is 240 g/mol. The summed E-state index contributed by atoms with van der Waals surface area (Å²) in [6.45, 7) is 3.89. The number of benzene rings is 1. The van der Waals surface area contributed by atoms with Crippen molar-refractivity contribution in [2.75, 3.05) is 12.4 Å². The van der Waals surface area contributed by atoms with Gasteiger partial charge in [-0.05, 0) is 25.5 Å². The molecule has 1 aromatic rings. The average Bonchev–Trinajstić information content (AvgIpc) is 2.34. The van der Waals surface area contributed by atoms with Crippen LogP contribution in [0.5, 0.6) is 0 Å². The monoisotopic (exact) mass is 257 g/mol. The molecule has 0 saturated carbocycles. The first-order chi connectivity index (χ1) is 8.51. The lowest BCUT2D eigenvalue weighted by Crippen LogP contribution is -2.17. The minimum absolute atomic E-state index is 0.0351. The van der Waals surface area contributed by atoms with E-state index in [1.54, 1.807) is 0 Å². The maximum absolute atomic E-state index is 13.7. The molecule has 0 aliphatic rings. The van der Waals surface area contributed by atoms with Crippen molar-refractivity contribution < 1.29 is 18.3 Å². The topological polar surface area (TPSA) is 38.3 Å². The fraction of sp³-hybridized carbons (Fsp3) is 0.462. The van der Waals surface area contributed by atoms with E-state index in [1.165, 1.54) is 12.1 Å². The Morgan fingerprint density at radius 3 is 2.61 bits per heavy atom. The van der Waals surface area contributed by atoms with Crippen LogP contribution in [0.2, 0.25) is 0 Å². The molecule has 0 aromatic heterocycles. The van der Waals surface area contributed by atoms with E-state index in [2.05, 4.69) is 10.1 Å². The third-order valence-electron chi connectivity index (χ3n) is 2.61. The maximum Gasteiger partial charge on any atom is 0.340 e. The van der Waals surface area contributed by atoms with Crippen molar-refractivity contribution in [2.45, 2.75) is 32.7 Å². The van der Waals surface area contributed by atoms with Crippen LogP contribution < -0.4 is 5.32 Å². The van der Waals surface area contributed by atoms with Gasteiger partial charge in [0.1, 0.15) is 0 Å². The number of hydrogen-bond donors (Lipinski definition) is 1. The number of ether oxygens (including phenoxy) is 1. The molecule has 0 spiro atoms. The molecule has 1 atom stereocenters. The van der Waals surface area contributed by atoms with E-state index in [0.717, 1.165) is 20.0 Å². The van der Waals surface area contributed by atoms with Gasteiger partial charge in [0.2, 0.25) is 0 Å². The molecule has 0 radical (unpaired) electrons. The summed E-state index contributed by atoms with van der Waals surface area (Å²) in [6, 6.07) is 2.59. The van der Waals surface area contributed by atoms with Crippen molar-refractivity contribution in [2.24, 2.45) is 0 Å². The second-order valence-electron chi connectivity index (χ2n) is 4.11. The fourth-order valence-corrected chi connectivity index (χ4v) is 1.70. The normalized spacial score (nSPS) is 12.1. The molecule has 0 heterocycles. The van der Waals surface area contributed by atoms with E-state index >= 15 is 0 Å². The second kappa shape index (κ2) is 6.33. The molecule has 1 unspecified atom stereocenters. The number of nitrogens with one attached hydrogen (secondary N) is 1. The first kappa shape index (κ1) is 14.4. The average molecular weight is 257 g/mol. The van der Waals surface area contributed by atoms with E-state index < -0.39 is 23.2 Å². The Morgan fingerprint density at radius 1 is 1.39 bits per heavy atom. The summed E-state index contributed by atoms with van der Waals surface area (Å²) in [5, 5.41) is 2.87. The van der Waals surface area contributed by atoms with Gasteiger partial charge in [0.05, 0.1) is 18.4 Å². The Labute approximate surface area is 105 Å². The van der Waals surface area contributed by atoms with Gasteiger partial charge >= 0.3 is 5.97 Å². The lowest BCUT2D eigenvalue weighted by Gasteiger charge is -2.15. The SMILES string of the molecule is CCCC(C)Nc1ccc(C(=O)OC)c(F)c1F. The van der Waals surface area contributed by atoms with Crippen LogP contribution in [0.25, 0.3) is 0 Å². The lowest BCUT2D eigenvalue weighted by atomic mass is 10.1. The van der Waals surface area contributed by atoms with E-state index in [0.29, 0.717) is 0 Å². The summed E-state index contributed by atoms with van der Waals surface area (Å²) in [7, 11) is 1.12. The Kier molecular flexibility index (Phi) is 5.07. The minimum atomic E-state index is -1.18. The van der Waals surface area contributed by atoms with Gasteiger partial charge in [0.25, 0.3) is 0 Å². The number of carbonyl (C=O) groups excluding carboxylic acids is 1. The maximum atomic E-state index is 13.7. The number of rotatable bonds is 5. The first-order valence-corrected chi connectivity index (χ1v) is 5.84. The number of esters is 1. The van der Waals surface area contributed by atoms with Crippen molar-refractivity contribution in [3.05, 3.63) is 29.3 Å². The predicted molar refractivity (Wildman–Crippen MR) is 65.7 cm³/mol. The zero-order chi connectivity index (χ0) is 13.7. The van der Waals surface area contributed by atoms with Crippen LogP contribution in [-0.2, 0) is 4.74 Å². The molecule has 0 fully saturated rings.